The largest absolute Gasteiger partial charge is 0.347 e. The van der Waals surface area contributed by atoms with Crippen molar-refractivity contribution >= 4 is 26.8 Å². The summed E-state index contributed by atoms with van der Waals surface area (Å²) in [6.07, 6.45) is 2.18. The number of nitrogens with zero attached hydrogens (tertiary/aromatic N) is 1. The molecule has 4 rings (SSSR count). The molecule has 0 saturated carbocycles. The van der Waals surface area contributed by atoms with Gasteiger partial charge < -0.3 is 15.2 Å². The van der Waals surface area contributed by atoms with Crippen molar-refractivity contribution in [3.63, 3.8) is 0 Å². The molecule has 27 heavy (non-hydrogen) atoms. The molecule has 0 spiro atoms. The molecule has 2 saturated heterocycles. The Bertz CT molecular complexity index is 1000. The summed E-state index contributed by atoms with van der Waals surface area (Å²) in [5, 5.41) is 2.85. The first-order chi connectivity index (χ1) is 12.9. The maximum Gasteiger partial charge on any atom is 0.326 e. The number of likely N-dealkylation sites (tertiary alicyclic amines) is 1. The van der Waals surface area contributed by atoms with Gasteiger partial charge in [0, 0.05) is 24.9 Å². The molecule has 8 nitrogen and oxygen atoms in total. The van der Waals surface area contributed by atoms with Gasteiger partial charge in [0.2, 0.25) is 0 Å². The number of imidazole rings is 1. The molecule has 2 aliphatic rings. The van der Waals surface area contributed by atoms with Gasteiger partial charge >= 0.3 is 5.69 Å². The summed E-state index contributed by atoms with van der Waals surface area (Å²) in [6.45, 7) is 1.98. The number of hydrogen-bond acceptors (Lipinski definition) is 4. The first-order valence-corrected chi connectivity index (χ1v) is 11.3. The first-order valence-electron chi connectivity index (χ1n) is 9.44. The number of H-pyrrole nitrogens is 1. The van der Waals surface area contributed by atoms with Gasteiger partial charge in [-0.05, 0) is 18.6 Å². The van der Waals surface area contributed by atoms with Crippen LogP contribution in [0.2, 0.25) is 0 Å². The van der Waals surface area contributed by atoms with Crippen LogP contribution in [-0.2, 0) is 14.6 Å². The second-order valence-corrected chi connectivity index (χ2v) is 9.87. The van der Waals surface area contributed by atoms with Gasteiger partial charge in [0.15, 0.2) is 16.4 Å². The van der Waals surface area contributed by atoms with E-state index in [9.17, 15) is 18.0 Å². The third-order valence-electron chi connectivity index (χ3n) is 5.66. The van der Waals surface area contributed by atoms with Crippen molar-refractivity contribution in [3.8, 4) is 0 Å². The average molecular weight is 393 g/mol. The SMILES string of the molecule is O=C(C[NH+]1CCC(n2c(=O)[nH]c3ccccc32)CC1)N[C@H]1CCS(=O)(=O)C1. The molecule has 1 aromatic heterocycles. The number of benzene rings is 1. The van der Waals surface area contributed by atoms with Crippen LogP contribution in [0.15, 0.2) is 29.1 Å². The van der Waals surface area contributed by atoms with E-state index in [0.717, 1.165) is 37.0 Å². The number of piperidine rings is 1. The number of amides is 1. The number of aromatic amines is 1. The maximum atomic E-state index is 12.3. The summed E-state index contributed by atoms with van der Waals surface area (Å²) in [5.41, 5.74) is 1.70. The van der Waals surface area contributed by atoms with Crippen molar-refractivity contribution < 1.29 is 18.1 Å². The lowest BCUT2D eigenvalue weighted by Gasteiger charge is -2.29. The highest BCUT2D eigenvalue weighted by molar-refractivity contribution is 7.91. The Hall–Kier alpha value is -2.13. The highest BCUT2D eigenvalue weighted by atomic mass is 32.2. The predicted octanol–water partition coefficient (Wildman–Crippen LogP) is -1.15. The Labute approximate surface area is 157 Å². The summed E-state index contributed by atoms with van der Waals surface area (Å²) in [5.74, 6) is 0.129. The van der Waals surface area contributed by atoms with E-state index < -0.39 is 9.84 Å². The molecular formula is C18H25N4O4S+. The number of carbonyl (C=O) groups is 1. The normalized spacial score (nSPS) is 27.6. The van der Waals surface area contributed by atoms with Crippen LogP contribution >= 0.6 is 0 Å². The summed E-state index contributed by atoms with van der Waals surface area (Å²) in [4.78, 5) is 28.6. The van der Waals surface area contributed by atoms with E-state index in [-0.39, 0.29) is 35.2 Å². The van der Waals surface area contributed by atoms with Crippen molar-refractivity contribution in [1.29, 1.82) is 0 Å². The second kappa shape index (κ2) is 7.12. The molecule has 2 aliphatic heterocycles. The van der Waals surface area contributed by atoms with Gasteiger partial charge in [-0.15, -0.1) is 0 Å². The van der Waals surface area contributed by atoms with E-state index in [0.29, 0.717) is 13.0 Å². The minimum absolute atomic E-state index is 0.0552. The van der Waals surface area contributed by atoms with Crippen molar-refractivity contribution in [2.45, 2.75) is 31.3 Å². The van der Waals surface area contributed by atoms with Gasteiger partial charge in [-0.25, -0.2) is 13.2 Å². The molecule has 1 aromatic carbocycles. The molecule has 0 unspecified atom stereocenters. The lowest BCUT2D eigenvalue weighted by Crippen LogP contribution is -3.14. The number of rotatable bonds is 4. The molecule has 0 radical (unpaired) electrons. The van der Waals surface area contributed by atoms with E-state index in [2.05, 4.69) is 10.3 Å². The van der Waals surface area contributed by atoms with Gasteiger partial charge in [-0.3, -0.25) is 9.36 Å². The molecule has 9 heteroatoms. The number of aromatic nitrogens is 2. The Morgan fingerprint density at radius 1 is 1.22 bits per heavy atom. The van der Waals surface area contributed by atoms with Gasteiger partial charge in [0.05, 0.1) is 35.6 Å². The number of quaternary nitrogens is 1. The topological polar surface area (TPSA) is 105 Å². The lowest BCUT2D eigenvalue weighted by atomic mass is 10.0. The number of sulfone groups is 1. The van der Waals surface area contributed by atoms with E-state index in [4.69, 9.17) is 0 Å². The maximum absolute atomic E-state index is 12.3. The molecule has 0 bridgehead atoms. The first kappa shape index (κ1) is 18.2. The number of para-hydroxylation sites is 2. The summed E-state index contributed by atoms with van der Waals surface area (Å²) in [7, 11) is -2.99. The zero-order valence-corrected chi connectivity index (χ0v) is 15.9. The number of fused-ring (bicyclic) bond motifs is 1. The molecule has 3 N–H and O–H groups in total. The van der Waals surface area contributed by atoms with Crippen molar-refractivity contribution in [2.24, 2.45) is 0 Å². The number of nitrogens with one attached hydrogen (secondary N) is 3. The van der Waals surface area contributed by atoms with Gasteiger partial charge in [0.25, 0.3) is 5.91 Å². The van der Waals surface area contributed by atoms with Crippen LogP contribution in [-0.4, -0.2) is 61.1 Å². The summed E-state index contributed by atoms with van der Waals surface area (Å²) in [6, 6.07) is 7.59. The number of carbonyl (C=O) groups excluding carboxylic acids is 1. The van der Waals surface area contributed by atoms with Gasteiger partial charge in [0.1, 0.15) is 0 Å². The average Bonchev–Trinajstić information content (AvgIpc) is 3.13. The van der Waals surface area contributed by atoms with Crippen LogP contribution in [0.25, 0.3) is 11.0 Å². The van der Waals surface area contributed by atoms with E-state index in [1.165, 1.54) is 4.90 Å². The van der Waals surface area contributed by atoms with E-state index >= 15 is 0 Å². The van der Waals surface area contributed by atoms with Crippen LogP contribution < -0.4 is 15.9 Å². The molecule has 2 aromatic rings. The third kappa shape index (κ3) is 3.93. The molecule has 1 atom stereocenters. The molecule has 1 amide bonds. The smallest absolute Gasteiger partial charge is 0.326 e. The van der Waals surface area contributed by atoms with Crippen LogP contribution in [0.4, 0.5) is 0 Å². The summed E-state index contributed by atoms with van der Waals surface area (Å²) < 4.78 is 24.8. The van der Waals surface area contributed by atoms with Crippen molar-refractivity contribution in [3.05, 3.63) is 34.7 Å². The fourth-order valence-corrected chi connectivity index (χ4v) is 5.97. The monoisotopic (exact) mass is 393 g/mol. The van der Waals surface area contributed by atoms with Crippen LogP contribution in [0, 0.1) is 0 Å². The van der Waals surface area contributed by atoms with Crippen LogP contribution in [0.5, 0.6) is 0 Å². The quantitative estimate of drug-likeness (QED) is 0.610. The molecule has 3 heterocycles. The third-order valence-corrected chi connectivity index (χ3v) is 7.43. The fourth-order valence-electron chi connectivity index (χ4n) is 4.30. The Balaban J connectivity index is 1.33. The van der Waals surface area contributed by atoms with Gasteiger partial charge in [-0.1, -0.05) is 12.1 Å². The Kier molecular flexibility index (Phi) is 4.81. The second-order valence-electron chi connectivity index (χ2n) is 7.64. The zero-order chi connectivity index (χ0) is 19.0. The Morgan fingerprint density at radius 3 is 2.67 bits per heavy atom. The van der Waals surface area contributed by atoms with Crippen LogP contribution in [0.3, 0.4) is 0 Å². The zero-order valence-electron chi connectivity index (χ0n) is 15.1. The predicted molar refractivity (Wildman–Crippen MR) is 102 cm³/mol. The number of hydrogen-bond donors (Lipinski definition) is 3. The fraction of sp³-hybridized carbons (Fsp3) is 0.556. The van der Waals surface area contributed by atoms with Gasteiger partial charge in [-0.2, -0.15) is 0 Å². The summed E-state index contributed by atoms with van der Waals surface area (Å²) >= 11 is 0. The molecular weight excluding hydrogens is 368 g/mol. The van der Waals surface area contributed by atoms with E-state index in [1.807, 2.05) is 28.8 Å². The lowest BCUT2D eigenvalue weighted by molar-refractivity contribution is -0.897. The highest BCUT2D eigenvalue weighted by Gasteiger charge is 2.31. The molecule has 2 fully saturated rings. The standard InChI is InChI=1S/C18H24N4O4S/c23-17(19-13-7-10-27(25,26)12-13)11-21-8-5-14(6-9-21)22-16-4-2-1-3-15(16)20-18(22)24/h1-4,13-14H,5-12H2,(H,19,23)(H,20,24)/p+1/t13-/m0/s1. The minimum atomic E-state index is -2.99. The van der Waals surface area contributed by atoms with Crippen molar-refractivity contribution in [2.75, 3.05) is 31.1 Å². The van der Waals surface area contributed by atoms with E-state index in [1.54, 1.807) is 0 Å². The molecule has 0 aliphatic carbocycles. The Morgan fingerprint density at radius 2 is 1.96 bits per heavy atom. The van der Waals surface area contributed by atoms with Crippen molar-refractivity contribution in [1.82, 2.24) is 14.9 Å². The highest BCUT2D eigenvalue weighted by Crippen LogP contribution is 2.20. The van der Waals surface area contributed by atoms with Crippen LogP contribution in [0.1, 0.15) is 25.3 Å². The minimum Gasteiger partial charge on any atom is -0.347 e. The molecule has 146 valence electrons.